The number of rotatable bonds is 2. The molecule has 0 spiro atoms. The molecule has 238 valence electrons. The monoisotopic (exact) mass is 678 g/mol. The van der Waals surface area contributed by atoms with Crippen molar-refractivity contribution in [2.75, 3.05) is 13.1 Å². The summed E-state index contributed by atoms with van der Waals surface area (Å²) < 4.78 is 59.2. The van der Waals surface area contributed by atoms with Crippen LogP contribution in [-0.4, -0.2) is 34.0 Å². The number of nitrogens with one attached hydrogen (secondary N) is 2. The highest BCUT2D eigenvalue weighted by Crippen LogP contribution is 2.37. The molecule has 47 heavy (non-hydrogen) atoms. The summed E-state index contributed by atoms with van der Waals surface area (Å²) in [5.74, 6) is -4.06. The fourth-order valence-corrected chi connectivity index (χ4v) is 6.62. The zero-order chi connectivity index (χ0) is 33.0. The molecule has 2 aromatic heterocycles. The van der Waals surface area contributed by atoms with Crippen molar-refractivity contribution in [1.29, 1.82) is 0 Å². The second-order valence-corrected chi connectivity index (χ2v) is 12.1. The fourth-order valence-electron chi connectivity index (χ4n) is 6.27. The average molecular weight is 680 g/mol. The number of amides is 2. The number of carbonyl (C=O) groups is 2. The normalized spacial score (nSPS) is 14.2. The molecule has 0 radical (unpaired) electrons. The number of carbonyl (C=O) groups excluding carboxylic acids is 2. The molecule has 2 N–H and O–H groups in total. The third kappa shape index (κ3) is 5.51. The lowest BCUT2D eigenvalue weighted by molar-refractivity contribution is 0.0926. The van der Waals surface area contributed by atoms with Gasteiger partial charge in [-0.05, 0) is 72.1 Å². The van der Waals surface area contributed by atoms with Crippen molar-refractivity contribution in [3.05, 3.63) is 117 Å². The van der Waals surface area contributed by atoms with Crippen molar-refractivity contribution >= 4 is 56.8 Å². The van der Waals surface area contributed by atoms with Crippen LogP contribution in [0.25, 0.3) is 44.1 Å². The Labute approximate surface area is 275 Å². The van der Waals surface area contributed by atoms with Gasteiger partial charge >= 0.3 is 0 Å². The van der Waals surface area contributed by atoms with Crippen LogP contribution in [0.5, 0.6) is 0 Å². The van der Waals surface area contributed by atoms with Crippen LogP contribution >= 0.6 is 23.2 Å². The molecule has 0 unspecified atom stereocenters. The second-order valence-electron chi connectivity index (χ2n) is 11.2. The summed E-state index contributed by atoms with van der Waals surface area (Å²) >= 11 is 12.1. The Morgan fingerprint density at radius 1 is 0.596 bits per heavy atom. The molecule has 0 bridgehead atoms. The lowest BCUT2D eigenvalue weighted by Crippen LogP contribution is -2.34. The van der Waals surface area contributed by atoms with Crippen LogP contribution in [0.2, 0.25) is 10.0 Å². The first-order valence-electron chi connectivity index (χ1n) is 14.7. The number of aromatic nitrogens is 2. The predicted molar refractivity (Wildman–Crippen MR) is 174 cm³/mol. The highest BCUT2D eigenvalue weighted by atomic mass is 35.5. The first kappa shape index (κ1) is 30.8. The molecule has 2 aliphatic heterocycles. The molecule has 4 heterocycles. The van der Waals surface area contributed by atoms with Crippen molar-refractivity contribution in [2.45, 2.75) is 19.5 Å². The van der Waals surface area contributed by atoms with Crippen molar-refractivity contribution in [1.82, 2.24) is 19.8 Å². The van der Waals surface area contributed by atoms with Gasteiger partial charge < -0.3 is 19.8 Å². The quantitative estimate of drug-likeness (QED) is 0.181. The van der Waals surface area contributed by atoms with Crippen LogP contribution in [0, 0.1) is 23.3 Å². The highest BCUT2D eigenvalue weighted by Gasteiger charge is 2.25. The molecule has 2 aliphatic rings. The molecule has 6 nitrogen and oxygen atoms in total. The van der Waals surface area contributed by atoms with Crippen LogP contribution in [0.1, 0.15) is 27.4 Å². The number of aryl methyl sites for hydroxylation is 1. The zero-order valence-electron chi connectivity index (χ0n) is 24.4. The van der Waals surface area contributed by atoms with Gasteiger partial charge in [-0.15, -0.1) is 0 Å². The molecule has 6 aromatic rings. The molecule has 0 fully saturated rings. The Balaban J connectivity index is 0.000000150. The van der Waals surface area contributed by atoms with E-state index >= 15 is 0 Å². The van der Waals surface area contributed by atoms with Gasteiger partial charge in [-0.3, -0.25) is 9.59 Å². The number of hydrogen-bond acceptors (Lipinski definition) is 2. The minimum absolute atomic E-state index is 0.143. The number of benzene rings is 4. The van der Waals surface area contributed by atoms with Gasteiger partial charge in [-0.1, -0.05) is 41.4 Å². The van der Waals surface area contributed by atoms with E-state index in [9.17, 15) is 27.2 Å². The van der Waals surface area contributed by atoms with E-state index in [0.29, 0.717) is 75.2 Å². The predicted octanol–water partition coefficient (Wildman–Crippen LogP) is 8.36. The van der Waals surface area contributed by atoms with Gasteiger partial charge in [0.1, 0.15) is 11.4 Å². The lowest BCUT2D eigenvalue weighted by atomic mass is 10.0. The van der Waals surface area contributed by atoms with E-state index in [0.717, 1.165) is 35.5 Å². The molecule has 0 aliphatic carbocycles. The summed E-state index contributed by atoms with van der Waals surface area (Å²) in [6.45, 7) is 2.23. The third-order valence-corrected chi connectivity index (χ3v) is 8.80. The average Bonchev–Trinajstić information content (AvgIpc) is 3.54. The molecular formula is C35H24Cl2F4N4O2. The second kappa shape index (κ2) is 12.1. The largest absolute Gasteiger partial charge is 0.351 e. The molecule has 0 saturated carbocycles. The topological polar surface area (TPSA) is 68.1 Å². The Bertz CT molecular complexity index is 2250. The van der Waals surface area contributed by atoms with Gasteiger partial charge in [0.25, 0.3) is 11.8 Å². The Hall–Kier alpha value is -4.80. The lowest BCUT2D eigenvalue weighted by Gasteiger charge is -2.18. The molecule has 2 amide bonds. The van der Waals surface area contributed by atoms with Gasteiger partial charge in [-0.2, -0.15) is 0 Å². The van der Waals surface area contributed by atoms with Crippen molar-refractivity contribution in [3.8, 4) is 22.3 Å². The van der Waals surface area contributed by atoms with Gasteiger partial charge in [0.05, 0.1) is 11.0 Å². The minimum Gasteiger partial charge on any atom is -0.351 e. The summed E-state index contributed by atoms with van der Waals surface area (Å²) in [7, 11) is 0. The van der Waals surface area contributed by atoms with Crippen LogP contribution in [0.15, 0.2) is 72.8 Å². The van der Waals surface area contributed by atoms with Gasteiger partial charge in [0, 0.05) is 58.1 Å². The maximum absolute atomic E-state index is 14.5. The van der Waals surface area contributed by atoms with Gasteiger partial charge in [-0.25, -0.2) is 17.6 Å². The molecule has 8 rings (SSSR count). The van der Waals surface area contributed by atoms with Crippen molar-refractivity contribution in [2.24, 2.45) is 0 Å². The maximum Gasteiger partial charge on any atom is 0.268 e. The van der Waals surface area contributed by atoms with Crippen molar-refractivity contribution < 1.29 is 27.2 Å². The van der Waals surface area contributed by atoms with Gasteiger partial charge in [0.15, 0.2) is 23.3 Å². The van der Waals surface area contributed by atoms with E-state index in [1.807, 2.05) is 4.57 Å². The van der Waals surface area contributed by atoms with E-state index in [4.69, 9.17) is 23.2 Å². The molecule has 0 atom stereocenters. The molecule has 4 aromatic carbocycles. The van der Waals surface area contributed by atoms with E-state index in [-0.39, 0.29) is 17.4 Å². The summed E-state index contributed by atoms with van der Waals surface area (Å²) in [6, 6.07) is 18.3. The first-order valence-corrected chi connectivity index (χ1v) is 15.5. The number of fused-ring (bicyclic) bond motifs is 6. The third-order valence-electron chi connectivity index (χ3n) is 8.33. The Kier molecular flexibility index (Phi) is 7.93. The van der Waals surface area contributed by atoms with E-state index in [1.165, 1.54) is 6.07 Å². The maximum atomic E-state index is 14.5. The number of nitrogens with zero attached hydrogens (tertiary/aromatic N) is 2. The summed E-state index contributed by atoms with van der Waals surface area (Å²) in [5, 5.41) is 7.87. The first-order chi connectivity index (χ1) is 22.6. The highest BCUT2D eigenvalue weighted by molar-refractivity contribution is 6.32. The molecular weight excluding hydrogens is 655 g/mol. The fraction of sp³-hybridized carbons (Fsp3) is 0.143. The van der Waals surface area contributed by atoms with Crippen LogP contribution in [0.3, 0.4) is 0 Å². The van der Waals surface area contributed by atoms with Crippen LogP contribution < -0.4 is 10.6 Å². The Morgan fingerprint density at radius 3 is 1.94 bits per heavy atom. The number of hydrogen-bond donors (Lipinski definition) is 2. The number of halogens is 6. The zero-order valence-corrected chi connectivity index (χ0v) is 26.0. The molecule has 12 heteroatoms. The van der Waals surface area contributed by atoms with E-state index < -0.39 is 23.3 Å². The molecule has 0 saturated heterocycles. The summed E-state index contributed by atoms with van der Waals surface area (Å²) in [5.41, 5.74) is 4.15. The summed E-state index contributed by atoms with van der Waals surface area (Å²) in [6.07, 6.45) is 0.794. The SMILES string of the molecule is O=C1NCCCn2c1cc1cc(Cl)cc(-c3ccc(F)c(F)c3)c12.O=C1NCCn2c1cc1cc(F)c(F)c(-c3ccc(Cl)cc3)c12. The minimum atomic E-state index is -0.939. The Morgan fingerprint density at radius 2 is 1.23 bits per heavy atom. The summed E-state index contributed by atoms with van der Waals surface area (Å²) in [4.78, 5) is 24.2. The standard InChI is InChI=1S/C18H13ClF2N2O.C17H11ClF2N2O/c19-12-6-11-8-16-18(24)22-4-1-5-23(16)17(11)13(9-12)10-2-3-14(20)15(21)7-10;18-11-3-1-9(2-4-11)14-15(20)12(19)7-10-8-13-17(23)21-5-6-22(13)16(10)14/h2-3,6-9H,1,4-5H2,(H,22,24);1-4,7-8H,5-6H2,(H,21,23). The van der Waals surface area contributed by atoms with E-state index in [1.54, 1.807) is 53.1 Å². The van der Waals surface area contributed by atoms with E-state index in [2.05, 4.69) is 10.6 Å². The van der Waals surface area contributed by atoms with Gasteiger partial charge in [0.2, 0.25) is 0 Å². The van der Waals surface area contributed by atoms with Crippen LogP contribution in [0.4, 0.5) is 17.6 Å². The smallest absolute Gasteiger partial charge is 0.268 e. The van der Waals surface area contributed by atoms with Crippen molar-refractivity contribution in [3.63, 3.8) is 0 Å². The van der Waals surface area contributed by atoms with Crippen LogP contribution in [-0.2, 0) is 13.1 Å².